The van der Waals surface area contributed by atoms with Gasteiger partial charge in [0.2, 0.25) is 0 Å². The number of halogens is 1. The van der Waals surface area contributed by atoms with Gasteiger partial charge in [-0.15, -0.1) is 0 Å². The Labute approximate surface area is 171 Å². The van der Waals surface area contributed by atoms with Gasteiger partial charge in [-0.1, -0.05) is 17.7 Å². The Morgan fingerprint density at radius 2 is 2.11 bits per heavy atom. The molecule has 1 aromatic carbocycles. The number of aryl methyl sites for hydroxylation is 3. The van der Waals surface area contributed by atoms with Gasteiger partial charge >= 0.3 is 0 Å². The zero-order valence-electron chi connectivity index (χ0n) is 17.0. The van der Waals surface area contributed by atoms with Crippen LogP contribution < -0.4 is 9.80 Å². The summed E-state index contributed by atoms with van der Waals surface area (Å²) < 4.78 is 7.59. The van der Waals surface area contributed by atoms with E-state index in [1.165, 1.54) is 22.5 Å². The predicted molar refractivity (Wildman–Crippen MR) is 115 cm³/mol. The molecule has 4 rings (SSSR count). The van der Waals surface area contributed by atoms with Gasteiger partial charge in [0, 0.05) is 25.7 Å². The summed E-state index contributed by atoms with van der Waals surface area (Å²) in [5.74, 6) is 3.15. The van der Waals surface area contributed by atoms with Crippen molar-refractivity contribution in [3.05, 3.63) is 58.0 Å². The molecule has 3 aromatic rings. The molecule has 2 aromatic heterocycles. The first-order valence-corrected chi connectivity index (χ1v) is 10.2. The summed E-state index contributed by atoms with van der Waals surface area (Å²) >= 11 is 6.67. The first-order chi connectivity index (χ1) is 13.5. The highest BCUT2D eigenvalue weighted by Gasteiger charge is 2.30. The molecule has 0 saturated heterocycles. The quantitative estimate of drug-likeness (QED) is 0.577. The van der Waals surface area contributed by atoms with E-state index in [1.807, 2.05) is 29.9 Å². The number of aromatic nitrogens is 2. The molecule has 0 saturated carbocycles. The minimum Gasteiger partial charge on any atom is -0.467 e. The fraction of sp³-hybridized carbons (Fsp3) is 0.409. The minimum atomic E-state index is 0.736. The smallest absolute Gasteiger partial charge is 0.160 e. The van der Waals surface area contributed by atoms with Crippen LogP contribution in [0.25, 0.3) is 0 Å². The van der Waals surface area contributed by atoms with E-state index in [-0.39, 0.29) is 0 Å². The van der Waals surface area contributed by atoms with E-state index in [4.69, 9.17) is 21.1 Å². The van der Waals surface area contributed by atoms with Crippen LogP contribution in [0.2, 0.25) is 5.02 Å². The third-order valence-corrected chi connectivity index (χ3v) is 5.72. The van der Waals surface area contributed by atoms with Gasteiger partial charge in [-0.3, -0.25) is 4.68 Å². The summed E-state index contributed by atoms with van der Waals surface area (Å²) in [7, 11) is 2.03. The summed E-state index contributed by atoms with van der Waals surface area (Å²) in [5, 5.41) is 5.72. The van der Waals surface area contributed by atoms with E-state index in [2.05, 4.69) is 36.6 Å². The van der Waals surface area contributed by atoms with Gasteiger partial charge in [0.05, 0.1) is 23.5 Å². The zero-order valence-corrected chi connectivity index (χ0v) is 17.8. The number of anilines is 3. The lowest BCUT2D eigenvalue weighted by molar-refractivity contribution is 0.500. The second-order valence-corrected chi connectivity index (χ2v) is 7.92. The Morgan fingerprint density at radius 1 is 1.29 bits per heavy atom. The molecule has 0 N–H and O–H groups in total. The lowest BCUT2D eigenvalue weighted by atomic mass is 10.0. The summed E-state index contributed by atoms with van der Waals surface area (Å²) in [6.45, 7) is 8.93. The van der Waals surface area contributed by atoms with Crippen molar-refractivity contribution in [2.24, 2.45) is 7.05 Å². The SMILES string of the molecule is CCN(Cc1ccco1)c1c2c(nn1C)N(c1c(C)cc(C)cc1Cl)CCC2. The second kappa shape index (κ2) is 7.55. The predicted octanol–water partition coefficient (Wildman–Crippen LogP) is 5.39. The van der Waals surface area contributed by atoms with Crippen molar-refractivity contribution < 1.29 is 4.42 Å². The van der Waals surface area contributed by atoms with Crippen molar-refractivity contribution in [3.63, 3.8) is 0 Å². The third-order valence-electron chi connectivity index (χ3n) is 5.43. The van der Waals surface area contributed by atoms with Crippen molar-refractivity contribution in [2.45, 2.75) is 40.2 Å². The van der Waals surface area contributed by atoms with Crippen LogP contribution in [-0.2, 0) is 20.0 Å². The Kier molecular flexibility index (Phi) is 5.11. The molecule has 5 nitrogen and oxygen atoms in total. The van der Waals surface area contributed by atoms with E-state index in [0.717, 1.165) is 54.8 Å². The minimum absolute atomic E-state index is 0.736. The van der Waals surface area contributed by atoms with Crippen LogP contribution in [0.4, 0.5) is 17.3 Å². The number of fused-ring (bicyclic) bond motifs is 1. The molecule has 0 aliphatic carbocycles. The topological polar surface area (TPSA) is 37.4 Å². The summed E-state index contributed by atoms with van der Waals surface area (Å²) in [6.07, 6.45) is 3.83. The molecular weight excluding hydrogens is 372 g/mol. The van der Waals surface area contributed by atoms with Gasteiger partial charge in [0.15, 0.2) is 5.82 Å². The van der Waals surface area contributed by atoms with Crippen LogP contribution in [0.15, 0.2) is 34.9 Å². The van der Waals surface area contributed by atoms with Crippen LogP contribution in [-0.4, -0.2) is 22.9 Å². The van der Waals surface area contributed by atoms with Gasteiger partial charge in [0.1, 0.15) is 11.6 Å². The molecule has 148 valence electrons. The van der Waals surface area contributed by atoms with Crippen LogP contribution in [0.3, 0.4) is 0 Å². The van der Waals surface area contributed by atoms with E-state index in [0.29, 0.717) is 0 Å². The van der Waals surface area contributed by atoms with E-state index in [1.54, 1.807) is 6.26 Å². The standard InChI is InChI=1S/C22H27ClN4O/c1-5-26(14-17-8-7-11-28-17)22-18-9-6-10-27(21(18)24-25(22)4)20-16(3)12-15(2)13-19(20)23/h7-8,11-13H,5-6,9-10,14H2,1-4H3. The Hall–Kier alpha value is -2.40. The lowest BCUT2D eigenvalue weighted by Crippen LogP contribution is -2.28. The molecule has 0 unspecified atom stereocenters. The highest BCUT2D eigenvalue weighted by Crippen LogP contribution is 2.42. The zero-order chi connectivity index (χ0) is 19.8. The van der Waals surface area contributed by atoms with Crippen LogP contribution >= 0.6 is 11.6 Å². The average molecular weight is 399 g/mol. The van der Waals surface area contributed by atoms with E-state index < -0.39 is 0 Å². The number of benzene rings is 1. The maximum Gasteiger partial charge on any atom is 0.160 e. The van der Waals surface area contributed by atoms with Gasteiger partial charge < -0.3 is 14.2 Å². The lowest BCUT2D eigenvalue weighted by Gasteiger charge is -2.31. The molecule has 6 heteroatoms. The largest absolute Gasteiger partial charge is 0.467 e. The first kappa shape index (κ1) is 18.9. The van der Waals surface area contributed by atoms with E-state index >= 15 is 0 Å². The van der Waals surface area contributed by atoms with Crippen LogP contribution in [0, 0.1) is 13.8 Å². The molecular formula is C22H27ClN4O. The molecule has 0 radical (unpaired) electrons. The Morgan fingerprint density at radius 3 is 2.79 bits per heavy atom. The van der Waals surface area contributed by atoms with Crippen molar-refractivity contribution >= 4 is 28.9 Å². The van der Waals surface area contributed by atoms with Gasteiger partial charge in [0.25, 0.3) is 0 Å². The molecule has 28 heavy (non-hydrogen) atoms. The fourth-order valence-electron chi connectivity index (χ4n) is 4.30. The molecule has 0 bridgehead atoms. The van der Waals surface area contributed by atoms with Crippen molar-refractivity contribution in [3.8, 4) is 0 Å². The van der Waals surface area contributed by atoms with Crippen LogP contribution in [0.1, 0.15) is 35.8 Å². The first-order valence-electron chi connectivity index (χ1n) is 9.87. The number of furan rings is 1. The number of hydrogen-bond donors (Lipinski definition) is 0. The third kappa shape index (κ3) is 3.28. The molecule has 0 amide bonds. The molecule has 0 atom stereocenters. The maximum atomic E-state index is 6.67. The average Bonchev–Trinajstić information content (AvgIpc) is 3.26. The highest BCUT2D eigenvalue weighted by molar-refractivity contribution is 6.33. The number of hydrogen-bond acceptors (Lipinski definition) is 4. The normalized spacial score (nSPS) is 13.7. The van der Waals surface area contributed by atoms with Crippen LogP contribution in [0.5, 0.6) is 0 Å². The van der Waals surface area contributed by atoms with Gasteiger partial charge in [-0.2, -0.15) is 5.10 Å². The summed E-state index contributed by atoms with van der Waals surface area (Å²) in [5.41, 5.74) is 4.74. The number of nitrogens with zero attached hydrogens (tertiary/aromatic N) is 4. The summed E-state index contributed by atoms with van der Waals surface area (Å²) in [6, 6.07) is 8.19. The van der Waals surface area contributed by atoms with Crippen molar-refractivity contribution in [1.82, 2.24) is 9.78 Å². The van der Waals surface area contributed by atoms with E-state index in [9.17, 15) is 0 Å². The van der Waals surface area contributed by atoms with Gasteiger partial charge in [-0.05, 0) is 62.9 Å². The Balaban J connectivity index is 1.77. The second-order valence-electron chi connectivity index (χ2n) is 7.51. The molecule has 0 fully saturated rings. The fourth-order valence-corrected chi connectivity index (χ4v) is 4.72. The monoisotopic (exact) mass is 398 g/mol. The molecule has 1 aliphatic rings. The number of rotatable bonds is 5. The van der Waals surface area contributed by atoms with Gasteiger partial charge in [-0.25, -0.2) is 0 Å². The molecule has 0 spiro atoms. The summed E-state index contributed by atoms with van der Waals surface area (Å²) in [4.78, 5) is 4.62. The highest BCUT2D eigenvalue weighted by atomic mass is 35.5. The van der Waals surface area contributed by atoms with Crippen molar-refractivity contribution in [1.29, 1.82) is 0 Å². The molecule has 3 heterocycles. The molecule has 1 aliphatic heterocycles. The van der Waals surface area contributed by atoms with Crippen molar-refractivity contribution in [2.75, 3.05) is 22.9 Å². The Bertz CT molecular complexity index is 954. The maximum absolute atomic E-state index is 6.67.